The summed E-state index contributed by atoms with van der Waals surface area (Å²) in [5.74, 6) is -2.82. The van der Waals surface area contributed by atoms with Crippen LogP contribution in [-0.4, -0.2) is 30.3 Å². The molecule has 5 nitrogen and oxygen atoms in total. The van der Waals surface area contributed by atoms with E-state index in [1.165, 1.54) is 43.3 Å². The smallest absolute Gasteiger partial charge is 0.441 e. The highest BCUT2D eigenvalue weighted by Crippen LogP contribution is 2.34. The Kier molecular flexibility index (Phi) is 6.56. The molecule has 2 rings (SSSR count). The molecule has 2 N–H and O–H groups in total. The first kappa shape index (κ1) is 21.6. The summed E-state index contributed by atoms with van der Waals surface area (Å²) >= 11 is 5.80. The maximum absolute atomic E-state index is 14.1. The molecular formula is C19H18ClF3N2O3. The van der Waals surface area contributed by atoms with Crippen LogP contribution in [0.25, 0.3) is 0 Å². The van der Waals surface area contributed by atoms with Crippen molar-refractivity contribution >= 4 is 29.2 Å². The largest absolute Gasteiger partial charge is 0.463 e. The van der Waals surface area contributed by atoms with E-state index >= 15 is 0 Å². The number of nitrogens with one attached hydrogen (secondary N) is 2. The predicted octanol–water partition coefficient (Wildman–Crippen LogP) is 4.31. The van der Waals surface area contributed by atoms with E-state index in [-0.39, 0.29) is 22.9 Å². The normalized spacial score (nSPS) is 13.4. The Hall–Kier alpha value is -2.74. The van der Waals surface area contributed by atoms with E-state index in [1.807, 2.05) is 0 Å². The Bertz CT molecular complexity index is 873. The lowest BCUT2D eigenvalue weighted by molar-refractivity contribution is -0.204. The number of benzene rings is 2. The van der Waals surface area contributed by atoms with E-state index in [0.29, 0.717) is 5.56 Å². The second-order valence-corrected chi connectivity index (χ2v) is 6.31. The zero-order chi connectivity index (χ0) is 20.9. The minimum atomic E-state index is -5.21. The van der Waals surface area contributed by atoms with Crippen LogP contribution < -0.4 is 10.6 Å². The maximum atomic E-state index is 14.1. The number of hydrogen-bond donors (Lipinski definition) is 2. The molecule has 2 aromatic carbocycles. The second-order valence-electron chi connectivity index (χ2n) is 5.87. The van der Waals surface area contributed by atoms with Crippen molar-refractivity contribution < 1.29 is 27.5 Å². The highest BCUT2D eigenvalue weighted by Gasteiger charge is 2.63. The zero-order valence-electron chi connectivity index (χ0n) is 15.1. The van der Waals surface area contributed by atoms with Crippen LogP contribution in [0, 0.1) is 6.92 Å². The summed E-state index contributed by atoms with van der Waals surface area (Å²) in [5, 5.41) is 4.06. The van der Waals surface area contributed by atoms with Gasteiger partial charge in [-0.2, -0.15) is 13.2 Å². The van der Waals surface area contributed by atoms with Crippen LogP contribution >= 0.6 is 11.6 Å². The predicted molar refractivity (Wildman–Crippen MR) is 99.1 cm³/mol. The zero-order valence-corrected chi connectivity index (χ0v) is 15.8. The van der Waals surface area contributed by atoms with Gasteiger partial charge in [-0.3, -0.25) is 4.79 Å². The van der Waals surface area contributed by atoms with Crippen molar-refractivity contribution in [2.45, 2.75) is 25.7 Å². The van der Waals surface area contributed by atoms with Gasteiger partial charge in [-0.1, -0.05) is 35.9 Å². The van der Waals surface area contributed by atoms with Crippen LogP contribution in [0.1, 0.15) is 22.8 Å². The van der Waals surface area contributed by atoms with Crippen LogP contribution in [0.5, 0.6) is 0 Å². The van der Waals surface area contributed by atoms with Gasteiger partial charge in [0.2, 0.25) is 0 Å². The lowest BCUT2D eigenvalue weighted by Crippen LogP contribution is -2.69. The van der Waals surface area contributed by atoms with Crippen LogP contribution in [-0.2, 0) is 9.53 Å². The summed E-state index contributed by atoms with van der Waals surface area (Å²) in [7, 11) is 0. The Balaban J connectivity index is 2.54. The fourth-order valence-corrected chi connectivity index (χ4v) is 2.61. The minimum absolute atomic E-state index is 0.0132. The number of esters is 1. The molecule has 28 heavy (non-hydrogen) atoms. The maximum Gasteiger partial charge on any atom is 0.441 e. The summed E-state index contributed by atoms with van der Waals surface area (Å²) < 4.78 is 47.0. The molecule has 0 saturated heterocycles. The first-order chi connectivity index (χ1) is 13.1. The number of alkyl halides is 3. The summed E-state index contributed by atoms with van der Waals surface area (Å²) in [6, 6.07) is 11.4. The fraction of sp³-hybridized carbons (Fsp3) is 0.263. The summed E-state index contributed by atoms with van der Waals surface area (Å²) in [4.78, 5) is 24.9. The number of ether oxygens (including phenoxy) is 1. The van der Waals surface area contributed by atoms with Gasteiger partial charge in [0.05, 0.1) is 6.61 Å². The number of anilines is 1. The fourth-order valence-electron chi connectivity index (χ4n) is 2.42. The molecule has 0 unspecified atom stereocenters. The average Bonchev–Trinajstić information content (AvgIpc) is 2.62. The van der Waals surface area contributed by atoms with E-state index in [9.17, 15) is 22.8 Å². The number of rotatable bonds is 6. The van der Waals surface area contributed by atoms with E-state index < -0.39 is 23.7 Å². The first-order valence-electron chi connectivity index (χ1n) is 8.26. The Labute approximate surface area is 164 Å². The molecule has 0 saturated carbocycles. The molecule has 9 heteroatoms. The standard InChI is InChI=1S/C19H18ClF3N2O3/c1-3-28-17(27)18(19(21,22)23,24-15-10-5-4-7-12(15)2)25-16(26)13-8-6-9-14(20)11-13/h4-11,24H,3H2,1-2H3,(H,25,26)/t18-/m1/s1. The van der Waals surface area contributed by atoms with Gasteiger partial charge in [0, 0.05) is 16.3 Å². The van der Waals surface area contributed by atoms with Gasteiger partial charge in [-0.15, -0.1) is 0 Å². The number of carbonyl (C=O) groups excluding carboxylic acids is 2. The average molecular weight is 415 g/mol. The van der Waals surface area contributed by atoms with Gasteiger partial charge in [0.1, 0.15) is 0 Å². The molecule has 0 aliphatic rings. The number of amides is 1. The summed E-state index contributed by atoms with van der Waals surface area (Å²) in [6.07, 6.45) is -5.21. The molecule has 0 bridgehead atoms. The molecule has 0 aliphatic carbocycles. The summed E-state index contributed by atoms with van der Waals surface area (Å²) in [6.45, 7) is 2.62. The van der Waals surface area contributed by atoms with Gasteiger partial charge >= 0.3 is 17.8 Å². The van der Waals surface area contributed by atoms with E-state index in [0.717, 1.165) is 0 Å². The van der Waals surface area contributed by atoms with Crippen LogP contribution in [0.3, 0.4) is 0 Å². The van der Waals surface area contributed by atoms with E-state index in [1.54, 1.807) is 24.4 Å². The van der Waals surface area contributed by atoms with Crippen molar-refractivity contribution in [1.29, 1.82) is 0 Å². The SMILES string of the molecule is CCOC(=O)[C@](NC(=O)c1cccc(Cl)c1)(Nc1ccccc1C)C(F)(F)F. The number of para-hydroxylation sites is 1. The molecule has 1 atom stereocenters. The second kappa shape index (κ2) is 8.52. The molecule has 2 aromatic rings. The molecular weight excluding hydrogens is 397 g/mol. The molecule has 0 radical (unpaired) electrons. The molecule has 0 fully saturated rings. The van der Waals surface area contributed by atoms with Crippen LogP contribution in [0.2, 0.25) is 5.02 Å². The Morgan fingerprint density at radius 1 is 1.11 bits per heavy atom. The van der Waals surface area contributed by atoms with Crippen molar-refractivity contribution in [2.24, 2.45) is 0 Å². The third-order valence-electron chi connectivity index (χ3n) is 3.86. The number of halogens is 4. The lowest BCUT2D eigenvalue weighted by Gasteiger charge is -2.35. The molecule has 0 spiro atoms. The Morgan fingerprint density at radius 2 is 1.79 bits per heavy atom. The third-order valence-corrected chi connectivity index (χ3v) is 4.10. The quantitative estimate of drug-likeness (QED) is 0.546. The highest BCUT2D eigenvalue weighted by atomic mass is 35.5. The van der Waals surface area contributed by atoms with Gasteiger partial charge in [0.15, 0.2) is 0 Å². The molecule has 150 valence electrons. The topological polar surface area (TPSA) is 67.4 Å². The highest BCUT2D eigenvalue weighted by molar-refractivity contribution is 6.31. The van der Waals surface area contributed by atoms with Crippen LogP contribution in [0.4, 0.5) is 18.9 Å². The minimum Gasteiger partial charge on any atom is -0.463 e. The molecule has 1 amide bonds. The van der Waals surface area contributed by atoms with Gasteiger partial charge in [-0.05, 0) is 43.7 Å². The van der Waals surface area contributed by atoms with E-state index in [4.69, 9.17) is 11.6 Å². The summed E-state index contributed by atoms with van der Waals surface area (Å²) in [5.41, 5.74) is -3.18. The van der Waals surface area contributed by atoms with Gasteiger partial charge < -0.3 is 15.4 Å². The van der Waals surface area contributed by atoms with Crippen LogP contribution in [0.15, 0.2) is 48.5 Å². The van der Waals surface area contributed by atoms with E-state index in [2.05, 4.69) is 10.1 Å². The van der Waals surface area contributed by atoms with Crippen molar-refractivity contribution in [1.82, 2.24) is 5.32 Å². The van der Waals surface area contributed by atoms with Crippen molar-refractivity contribution in [3.8, 4) is 0 Å². The number of hydrogen-bond acceptors (Lipinski definition) is 4. The first-order valence-corrected chi connectivity index (χ1v) is 8.64. The molecule has 0 aliphatic heterocycles. The van der Waals surface area contributed by atoms with Gasteiger partial charge in [-0.25, -0.2) is 4.79 Å². The van der Waals surface area contributed by atoms with Gasteiger partial charge in [0.25, 0.3) is 5.91 Å². The van der Waals surface area contributed by atoms with Crippen molar-refractivity contribution in [2.75, 3.05) is 11.9 Å². The number of aryl methyl sites for hydroxylation is 1. The number of carbonyl (C=O) groups is 2. The van der Waals surface area contributed by atoms with Crippen molar-refractivity contribution in [3.05, 3.63) is 64.7 Å². The van der Waals surface area contributed by atoms with Crippen molar-refractivity contribution in [3.63, 3.8) is 0 Å². The monoisotopic (exact) mass is 414 g/mol. The molecule has 0 aromatic heterocycles. The lowest BCUT2D eigenvalue weighted by atomic mass is 10.1. The third kappa shape index (κ3) is 4.56. The molecule has 0 heterocycles. The Morgan fingerprint density at radius 3 is 2.36 bits per heavy atom.